The number of rotatable bonds is 6. The number of ketones is 1. The molecule has 10 heteroatoms. The van der Waals surface area contributed by atoms with Crippen molar-refractivity contribution in [2.45, 2.75) is 39.5 Å². The lowest BCUT2D eigenvalue weighted by atomic mass is 9.68. The lowest BCUT2D eigenvalue weighted by molar-refractivity contribution is -0.384. The Bertz CT molecular complexity index is 1450. The van der Waals surface area contributed by atoms with Crippen LogP contribution in [0.1, 0.15) is 43.7 Å². The molecule has 10 nitrogen and oxygen atoms in total. The zero-order chi connectivity index (χ0) is 27.9. The molecule has 0 aromatic heterocycles. The number of Topliss-reactive ketones (excluding diaryl/α,β-unsaturated/α-hetero) is 1. The number of hydrogen-bond donors (Lipinski definition) is 1. The molecule has 0 saturated carbocycles. The number of nitrogens with two attached hydrogens (primary N) is 1. The maximum Gasteiger partial charge on any atom is 0.271 e. The standard InChI is InChI=1S/C28H30N4O6/c1-15-7-8-16(32(34)35)11-19(15)31-20-12-28(2,3)13-21(33)24(20)23(18(14-29)27(31)30)17-9-10-22(36-4)26(38-6)25(17)37-5/h7-11,23H,12-13,30H2,1-6H3/t23-/m0/s1. The zero-order valence-corrected chi connectivity index (χ0v) is 22.2. The third-order valence-electron chi connectivity index (χ3n) is 7.07. The maximum atomic E-state index is 13.8. The summed E-state index contributed by atoms with van der Waals surface area (Å²) in [6.45, 7) is 5.77. The second-order valence-corrected chi connectivity index (χ2v) is 10.1. The number of allylic oxidation sites excluding steroid dienone is 3. The van der Waals surface area contributed by atoms with Crippen LogP contribution in [0.4, 0.5) is 11.4 Å². The number of carbonyl (C=O) groups is 1. The van der Waals surface area contributed by atoms with Gasteiger partial charge in [-0.2, -0.15) is 5.26 Å². The third-order valence-corrected chi connectivity index (χ3v) is 7.07. The highest BCUT2D eigenvalue weighted by Gasteiger charge is 2.46. The summed E-state index contributed by atoms with van der Waals surface area (Å²) in [7, 11) is 4.46. The third kappa shape index (κ3) is 4.20. The van der Waals surface area contributed by atoms with Gasteiger partial charge in [0.25, 0.3) is 5.69 Å². The number of nitro benzene ring substituents is 1. The maximum absolute atomic E-state index is 13.8. The average Bonchev–Trinajstić information content (AvgIpc) is 2.86. The molecule has 1 heterocycles. The highest BCUT2D eigenvalue weighted by atomic mass is 16.6. The summed E-state index contributed by atoms with van der Waals surface area (Å²) in [6, 6.07) is 10.1. The van der Waals surface area contributed by atoms with Gasteiger partial charge in [0, 0.05) is 35.4 Å². The van der Waals surface area contributed by atoms with E-state index in [0.717, 1.165) is 0 Å². The number of anilines is 1. The Morgan fingerprint density at radius 3 is 2.37 bits per heavy atom. The molecule has 0 fully saturated rings. The Morgan fingerprint density at radius 1 is 1.11 bits per heavy atom. The second kappa shape index (κ2) is 9.74. The molecule has 38 heavy (non-hydrogen) atoms. The molecule has 0 saturated heterocycles. The second-order valence-electron chi connectivity index (χ2n) is 10.1. The number of ether oxygens (including phenoxy) is 3. The Labute approximate surface area is 221 Å². The van der Waals surface area contributed by atoms with Gasteiger partial charge in [0.1, 0.15) is 5.82 Å². The van der Waals surface area contributed by atoms with E-state index in [0.29, 0.717) is 51.8 Å². The smallest absolute Gasteiger partial charge is 0.271 e. The van der Waals surface area contributed by atoms with Gasteiger partial charge in [-0.15, -0.1) is 0 Å². The van der Waals surface area contributed by atoms with Crippen molar-refractivity contribution in [3.63, 3.8) is 0 Å². The van der Waals surface area contributed by atoms with Gasteiger partial charge in [-0.05, 0) is 30.4 Å². The van der Waals surface area contributed by atoms with E-state index in [-0.39, 0.29) is 29.3 Å². The minimum absolute atomic E-state index is 0.0992. The average molecular weight is 519 g/mol. The fourth-order valence-corrected chi connectivity index (χ4v) is 5.40. The van der Waals surface area contributed by atoms with Gasteiger partial charge < -0.3 is 19.9 Å². The number of carbonyl (C=O) groups excluding carboxylic acids is 1. The number of nitrogens with zero attached hydrogens (tertiary/aromatic N) is 3. The van der Waals surface area contributed by atoms with Gasteiger partial charge in [0.2, 0.25) is 5.75 Å². The molecule has 2 aromatic rings. The van der Waals surface area contributed by atoms with E-state index in [4.69, 9.17) is 19.9 Å². The zero-order valence-electron chi connectivity index (χ0n) is 22.2. The molecule has 0 radical (unpaired) electrons. The molecule has 0 unspecified atom stereocenters. The van der Waals surface area contributed by atoms with Crippen molar-refractivity contribution >= 4 is 17.2 Å². The van der Waals surface area contributed by atoms with Crippen LogP contribution in [0.5, 0.6) is 17.2 Å². The number of nitriles is 1. The van der Waals surface area contributed by atoms with Crippen LogP contribution in [0.25, 0.3) is 0 Å². The van der Waals surface area contributed by atoms with Crippen molar-refractivity contribution in [1.29, 1.82) is 5.26 Å². The summed E-state index contributed by atoms with van der Waals surface area (Å²) in [5.74, 6) is 0.212. The first-order valence-corrected chi connectivity index (χ1v) is 12.0. The van der Waals surface area contributed by atoms with Crippen LogP contribution in [0, 0.1) is 33.8 Å². The fourth-order valence-electron chi connectivity index (χ4n) is 5.40. The Hall–Kier alpha value is -4.52. The predicted octanol–water partition coefficient (Wildman–Crippen LogP) is 4.87. The number of benzene rings is 2. The Kier molecular flexibility index (Phi) is 6.80. The van der Waals surface area contributed by atoms with Gasteiger partial charge in [-0.25, -0.2) is 0 Å². The largest absolute Gasteiger partial charge is 0.493 e. The molecule has 1 aliphatic carbocycles. The van der Waals surface area contributed by atoms with Crippen LogP contribution in [-0.2, 0) is 4.79 Å². The SMILES string of the molecule is COc1ccc([C@H]2C(C#N)=C(N)N(c3cc([N+](=O)[O-])ccc3C)C3=C2C(=O)CC(C)(C)C3)c(OC)c1OC. The molecular formula is C28H30N4O6. The quantitative estimate of drug-likeness (QED) is 0.419. The van der Waals surface area contributed by atoms with Crippen LogP contribution < -0.4 is 24.8 Å². The van der Waals surface area contributed by atoms with E-state index in [1.807, 2.05) is 13.8 Å². The summed E-state index contributed by atoms with van der Waals surface area (Å²) < 4.78 is 16.7. The van der Waals surface area contributed by atoms with E-state index < -0.39 is 16.3 Å². The fraction of sp³-hybridized carbons (Fsp3) is 0.357. The van der Waals surface area contributed by atoms with Crippen molar-refractivity contribution in [2.24, 2.45) is 11.1 Å². The number of hydrogen-bond acceptors (Lipinski definition) is 9. The van der Waals surface area contributed by atoms with E-state index in [9.17, 15) is 20.2 Å². The predicted molar refractivity (Wildman–Crippen MR) is 141 cm³/mol. The van der Waals surface area contributed by atoms with Gasteiger partial charge in [0.15, 0.2) is 17.3 Å². The van der Waals surface area contributed by atoms with E-state index in [1.54, 1.807) is 30.0 Å². The first kappa shape index (κ1) is 26.5. The molecule has 0 bridgehead atoms. The molecule has 2 aliphatic rings. The molecule has 4 rings (SSSR count). The molecule has 0 amide bonds. The monoisotopic (exact) mass is 518 g/mol. The lowest BCUT2D eigenvalue weighted by Gasteiger charge is -2.44. The first-order valence-electron chi connectivity index (χ1n) is 12.0. The summed E-state index contributed by atoms with van der Waals surface area (Å²) in [5.41, 5.74) is 9.02. The Balaban J connectivity index is 2.08. The van der Waals surface area contributed by atoms with Crippen LogP contribution in [-0.4, -0.2) is 32.0 Å². The normalized spacial score (nSPS) is 18.6. The van der Waals surface area contributed by atoms with Gasteiger partial charge in [-0.1, -0.05) is 26.0 Å². The van der Waals surface area contributed by atoms with Crippen LogP contribution in [0.3, 0.4) is 0 Å². The topological polar surface area (TPSA) is 141 Å². The molecule has 2 aromatic carbocycles. The molecule has 1 aliphatic heterocycles. The van der Waals surface area contributed by atoms with Crippen molar-refractivity contribution in [1.82, 2.24) is 0 Å². The van der Waals surface area contributed by atoms with Crippen molar-refractivity contribution in [3.05, 3.63) is 74.2 Å². The summed E-state index contributed by atoms with van der Waals surface area (Å²) in [6.07, 6.45) is 0.722. The molecule has 1 atom stereocenters. The highest BCUT2D eigenvalue weighted by Crippen LogP contribution is 2.54. The van der Waals surface area contributed by atoms with Crippen molar-refractivity contribution in [3.8, 4) is 23.3 Å². The number of non-ortho nitro benzene ring substituents is 1. The van der Waals surface area contributed by atoms with Crippen LogP contribution in [0.2, 0.25) is 0 Å². The summed E-state index contributed by atoms with van der Waals surface area (Å²) in [5, 5.41) is 22.0. The minimum Gasteiger partial charge on any atom is -0.493 e. The van der Waals surface area contributed by atoms with E-state index in [1.165, 1.54) is 33.5 Å². The number of nitro groups is 1. The van der Waals surface area contributed by atoms with Gasteiger partial charge in [-0.3, -0.25) is 19.8 Å². The van der Waals surface area contributed by atoms with Gasteiger partial charge in [0.05, 0.1) is 49.5 Å². The lowest BCUT2D eigenvalue weighted by Crippen LogP contribution is -2.42. The summed E-state index contributed by atoms with van der Waals surface area (Å²) in [4.78, 5) is 26.6. The number of aryl methyl sites for hydroxylation is 1. The Morgan fingerprint density at radius 2 is 1.79 bits per heavy atom. The molecule has 0 spiro atoms. The first-order chi connectivity index (χ1) is 18.0. The molecule has 198 valence electrons. The number of methoxy groups -OCH3 is 3. The molecule has 2 N–H and O–H groups in total. The van der Waals surface area contributed by atoms with Crippen molar-refractivity contribution in [2.75, 3.05) is 26.2 Å². The van der Waals surface area contributed by atoms with Crippen LogP contribution >= 0.6 is 0 Å². The minimum atomic E-state index is -0.830. The van der Waals surface area contributed by atoms with Crippen LogP contribution in [0.15, 0.2) is 53.0 Å². The van der Waals surface area contributed by atoms with Crippen molar-refractivity contribution < 1.29 is 23.9 Å². The summed E-state index contributed by atoms with van der Waals surface area (Å²) >= 11 is 0. The van der Waals surface area contributed by atoms with Gasteiger partial charge >= 0.3 is 0 Å². The highest BCUT2D eigenvalue weighted by molar-refractivity contribution is 6.02. The molecular weight excluding hydrogens is 488 g/mol. The van der Waals surface area contributed by atoms with E-state index >= 15 is 0 Å². The van der Waals surface area contributed by atoms with E-state index in [2.05, 4.69) is 6.07 Å².